The molecule has 2 N–H and O–H groups in total. The Balaban J connectivity index is 4.25. The average Bonchev–Trinajstić information content (AvgIpc) is 2.26. The molecule has 0 aliphatic heterocycles. The van der Waals surface area contributed by atoms with Gasteiger partial charge in [-0.15, -0.1) is 0 Å². The van der Waals surface area contributed by atoms with Gasteiger partial charge >= 0.3 is 5.97 Å². The molecule has 0 rings (SSSR count). The molecule has 0 aromatic carbocycles. The smallest absolute Gasteiger partial charge is 0.307 e. The molecule has 106 valence electrons. The highest BCUT2D eigenvalue weighted by atomic mass is 32.2. The van der Waals surface area contributed by atoms with Crippen LogP contribution >= 0.6 is 0 Å². The number of carboxylic acids is 1. The van der Waals surface area contributed by atoms with E-state index in [2.05, 4.69) is 5.32 Å². The molecule has 0 bridgehead atoms. The highest BCUT2D eigenvalue weighted by Crippen LogP contribution is 2.10. The van der Waals surface area contributed by atoms with Crippen LogP contribution in [0.15, 0.2) is 0 Å². The lowest BCUT2D eigenvalue weighted by molar-refractivity contribution is -0.146. The molecule has 0 fully saturated rings. The lowest BCUT2D eigenvalue weighted by Crippen LogP contribution is -2.39. The Hall–Kier alpha value is -1.15. The van der Waals surface area contributed by atoms with Gasteiger partial charge in [-0.25, -0.2) is 12.7 Å². The van der Waals surface area contributed by atoms with Crippen molar-refractivity contribution in [3.05, 3.63) is 0 Å². The molecule has 7 nitrogen and oxygen atoms in total. The summed E-state index contributed by atoms with van der Waals surface area (Å²) in [5.74, 6) is -3.24. The first kappa shape index (κ1) is 16.9. The Labute approximate surface area is 107 Å². The molecule has 0 aromatic heterocycles. The maximum absolute atomic E-state index is 11.6. The summed E-state index contributed by atoms with van der Waals surface area (Å²) in [5.41, 5.74) is 0. The number of hydrogen-bond acceptors (Lipinski definition) is 4. The number of carbonyl (C=O) groups excluding carboxylic acids is 1. The van der Waals surface area contributed by atoms with Crippen LogP contribution in [0.4, 0.5) is 0 Å². The molecule has 2 atom stereocenters. The van der Waals surface area contributed by atoms with Gasteiger partial charge in [-0.1, -0.05) is 13.8 Å². The Bertz CT molecular complexity index is 404. The van der Waals surface area contributed by atoms with Crippen LogP contribution in [0.5, 0.6) is 0 Å². The van der Waals surface area contributed by atoms with Crippen molar-refractivity contribution in [2.24, 2.45) is 11.8 Å². The van der Waals surface area contributed by atoms with Crippen molar-refractivity contribution in [2.75, 3.05) is 26.4 Å². The summed E-state index contributed by atoms with van der Waals surface area (Å²) in [6, 6.07) is 0. The zero-order valence-corrected chi connectivity index (χ0v) is 11.8. The summed E-state index contributed by atoms with van der Waals surface area (Å²) in [6.45, 7) is 2.90. The first-order chi connectivity index (χ1) is 8.09. The van der Waals surface area contributed by atoms with Gasteiger partial charge in [0.05, 0.1) is 11.7 Å². The fraction of sp³-hybridized carbons (Fsp3) is 0.800. The van der Waals surface area contributed by atoms with Gasteiger partial charge in [0.15, 0.2) is 0 Å². The van der Waals surface area contributed by atoms with Crippen LogP contribution in [0.3, 0.4) is 0 Å². The largest absolute Gasteiger partial charge is 0.481 e. The van der Waals surface area contributed by atoms with E-state index in [-0.39, 0.29) is 12.3 Å². The number of aliphatic carboxylic acids is 1. The number of nitrogens with zero attached hydrogens (tertiary/aromatic N) is 1. The molecule has 0 spiro atoms. The fourth-order valence-electron chi connectivity index (χ4n) is 1.09. The van der Waals surface area contributed by atoms with E-state index in [1.165, 1.54) is 27.9 Å². The monoisotopic (exact) mass is 280 g/mol. The van der Waals surface area contributed by atoms with E-state index >= 15 is 0 Å². The third kappa shape index (κ3) is 5.01. The molecule has 2 unspecified atom stereocenters. The number of sulfonamides is 1. The minimum atomic E-state index is -3.35. The number of hydrogen-bond donors (Lipinski definition) is 2. The Kier molecular flexibility index (Phi) is 6.27. The van der Waals surface area contributed by atoms with Crippen LogP contribution < -0.4 is 5.32 Å². The second kappa shape index (κ2) is 6.69. The van der Waals surface area contributed by atoms with Crippen LogP contribution in [0.25, 0.3) is 0 Å². The summed E-state index contributed by atoms with van der Waals surface area (Å²) in [6.07, 6.45) is 0. The SMILES string of the molecule is CC(C(=O)O)C(C)C(=O)NCCS(=O)(=O)N(C)C. The first-order valence-corrected chi connectivity index (χ1v) is 7.11. The van der Waals surface area contributed by atoms with Gasteiger partial charge in [-0.3, -0.25) is 9.59 Å². The Morgan fingerprint density at radius 1 is 1.22 bits per heavy atom. The maximum Gasteiger partial charge on any atom is 0.307 e. The quantitative estimate of drug-likeness (QED) is 0.645. The second-order valence-corrected chi connectivity index (χ2v) is 6.61. The molecule has 0 aliphatic rings. The predicted molar refractivity (Wildman–Crippen MR) is 66.4 cm³/mol. The molecule has 0 saturated heterocycles. The highest BCUT2D eigenvalue weighted by molar-refractivity contribution is 7.89. The molecule has 0 saturated carbocycles. The van der Waals surface area contributed by atoms with Gasteiger partial charge in [0.2, 0.25) is 15.9 Å². The van der Waals surface area contributed by atoms with Gasteiger partial charge in [-0.2, -0.15) is 0 Å². The van der Waals surface area contributed by atoms with Gasteiger partial charge in [0.25, 0.3) is 0 Å². The summed E-state index contributed by atoms with van der Waals surface area (Å²) < 4.78 is 23.9. The van der Waals surface area contributed by atoms with Crippen molar-refractivity contribution in [3.63, 3.8) is 0 Å². The fourth-order valence-corrected chi connectivity index (χ4v) is 1.81. The van der Waals surface area contributed by atoms with Crippen LogP contribution in [0.1, 0.15) is 13.8 Å². The number of carboxylic acid groups (broad SMARTS) is 1. The zero-order valence-electron chi connectivity index (χ0n) is 11.0. The zero-order chi connectivity index (χ0) is 14.5. The molecular formula is C10H20N2O5S. The molecule has 1 amide bonds. The predicted octanol–water partition coefficient (Wildman–Crippen LogP) is -0.649. The molecule has 0 radical (unpaired) electrons. The third-order valence-electron chi connectivity index (χ3n) is 2.77. The number of amides is 1. The second-order valence-electron chi connectivity index (χ2n) is 4.31. The molecule has 8 heteroatoms. The van der Waals surface area contributed by atoms with E-state index in [1.54, 1.807) is 0 Å². The van der Waals surface area contributed by atoms with Crippen molar-refractivity contribution in [2.45, 2.75) is 13.8 Å². The van der Waals surface area contributed by atoms with E-state index in [0.29, 0.717) is 0 Å². The first-order valence-electron chi connectivity index (χ1n) is 5.50. The number of rotatable bonds is 7. The van der Waals surface area contributed by atoms with Crippen LogP contribution in [-0.4, -0.2) is 56.1 Å². The van der Waals surface area contributed by atoms with Gasteiger partial charge in [0, 0.05) is 26.6 Å². The number of nitrogens with one attached hydrogen (secondary N) is 1. The van der Waals surface area contributed by atoms with Crippen LogP contribution in [0, 0.1) is 11.8 Å². The molecule has 0 heterocycles. The van der Waals surface area contributed by atoms with E-state index < -0.39 is 33.7 Å². The maximum atomic E-state index is 11.6. The number of carbonyl (C=O) groups is 2. The van der Waals surface area contributed by atoms with E-state index in [9.17, 15) is 18.0 Å². The van der Waals surface area contributed by atoms with Gasteiger partial charge in [-0.05, 0) is 0 Å². The standard InChI is InChI=1S/C10H20N2O5S/c1-7(8(2)10(14)15)9(13)11-5-6-18(16,17)12(3)4/h7-8H,5-6H2,1-4H3,(H,11,13)(H,14,15). The Morgan fingerprint density at radius 3 is 2.11 bits per heavy atom. The lowest BCUT2D eigenvalue weighted by atomic mass is 9.95. The molecule has 0 aromatic rings. The van der Waals surface area contributed by atoms with E-state index in [0.717, 1.165) is 4.31 Å². The summed E-state index contributed by atoms with van der Waals surface area (Å²) in [4.78, 5) is 22.2. The minimum Gasteiger partial charge on any atom is -0.481 e. The van der Waals surface area contributed by atoms with Crippen LogP contribution in [0.2, 0.25) is 0 Å². The van der Waals surface area contributed by atoms with Crippen molar-refractivity contribution < 1.29 is 23.1 Å². The van der Waals surface area contributed by atoms with Crippen molar-refractivity contribution in [1.29, 1.82) is 0 Å². The summed E-state index contributed by atoms with van der Waals surface area (Å²) in [5, 5.41) is 11.2. The highest BCUT2D eigenvalue weighted by Gasteiger charge is 2.25. The van der Waals surface area contributed by atoms with Crippen molar-refractivity contribution >= 4 is 21.9 Å². The third-order valence-corrected chi connectivity index (χ3v) is 4.60. The summed E-state index contributed by atoms with van der Waals surface area (Å²) in [7, 11) is -0.536. The lowest BCUT2D eigenvalue weighted by Gasteiger charge is -2.16. The molecular weight excluding hydrogens is 260 g/mol. The minimum absolute atomic E-state index is 0.0317. The average molecular weight is 280 g/mol. The Morgan fingerprint density at radius 2 is 1.72 bits per heavy atom. The molecule has 18 heavy (non-hydrogen) atoms. The van der Waals surface area contributed by atoms with Crippen molar-refractivity contribution in [1.82, 2.24) is 9.62 Å². The van der Waals surface area contributed by atoms with Gasteiger partial charge < -0.3 is 10.4 Å². The molecule has 0 aliphatic carbocycles. The van der Waals surface area contributed by atoms with Crippen molar-refractivity contribution in [3.8, 4) is 0 Å². The summed E-state index contributed by atoms with van der Waals surface area (Å²) >= 11 is 0. The van der Waals surface area contributed by atoms with Crippen LogP contribution in [-0.2, 0) is 19.6 Å². The van der Waals surface area contributed by atoms with E-state index in [4.69, 9.17) is 5.11 Å². The normalized spacial score (nSPS) is 15.2. The topological polar surface area (TPSA) is 104 Å². The van der Waals surface area contributed by atoms with E-state index in [1.807, 2.05) is 0 Å². The van der Waals surface area contributed by atoms with Gasteiger partial charge in [0.1, 0.15) is 0 Å².